The van der Waals surface area contributed by atoms with Gasteiger partial charge in [0.25, 0.3) is 5.91 Å². The van der Waals surface area contributed by atoms with E-state index in [0.29, 0.717) is 22.2 Å². The Hall–Kier alpha value is -2.31. The number of rotatable bonds is 7. The lowest BCUT2D eigenvalue weighted by Gasteiger charge is -2.08. The molecular formula is C20H21ClN2O3S. The molecule has 0 aliphatic rings. The molecule has 3 rings (SSSR count). The Morgan fingerprint density at radius 3 is 2.63 bits per heavy atom. The lowest BCUT2D eigenvalue weighted by atomic mass is 10.3. The smallest absolute Gasteiger partial charge is 0.286 e. The highest BCUT2D eigenvalue weighted by atomic mass is 35.5. The summed E-state index contributed by atoms with van der Waals surface area (Å²) in [6.45, 7) is 5.27. The molecule has 0 saturated carbocycles. The molecular weight excluding hydrogens is 384 g/mol. The maximum atomic E-state index is 12.3. The zero-order valence-corrected chi connectivity index (χ0v) is 16.8. The molecule has 0 N–H and O–H groups in total. The molecule has 7 heteroatoms. The standard InChI is InChI=1S/C20H21ClN2O3S/c1-3-12-23-19-16(25-4-2)6-5-7-17(19)27-20(23)22-18(24)13-26-15-10-8-14(21)9-11-15/h5-11H,3-4,12-13H2,1-2H3. The average molecular weight is 405 g/mol. The summed E-state index contributed by atoms with van der Waals surface area (Å²) >= 11 is 7.33. The molecule has 0 spiro atoms. The van der Waals surface area contributed by atoms with Crippen molar-refractivity contribution in [2.75, 3.05) is 13.2 Å². The molecule has 1 amide bonds. The highest BCUT2D eigenvalue weighted by molar-refractivity contribution is 7.16. The number of aromatic nitrogens is 1. The molecule has 1 heterocycles. The van der Waals surface area contributed by atoms with Crippen LogP contribution in [0.25, 0.3) is 10.2 Å². The summed E-state index contributed by atoms with van der Waals surface area (Å²) in [4.78, 5) is 17.3. The predicted octanol–water partition coefficient (Wildman–Crippen LogP) is 4.67. The van der Waals surface area contributed by atoms with Gasteiger partial charge in [-0.15, -0.1) is 0 Å². The number of hydrogen-bond acceptors (Lipinski definition) is 4. The van der Waals surface area contributed by atoms with E-state index < -0.39 is 0 Å². The Morgan fingerprint density at radius 1 is 1.15 bits per heavy atom. The number of nitrogens with zero attached hydrogens (tertiary/aromatic N) is 2. The zero-order valence-electron chi connectivity index (χ0n) is 15.3. The number of carbonyl (C=O) groups excluding carboxylic acids is 1. The van der Waals surface area contributed by atoms with Gasteiger partial charge >= 0.3 is 0 Å². The SMILES string of the molecule is CCCn1c(=NC(=O)COc2ccc(Cl)cc2)sc2cccc(OCC)c21. The van der Waals surface area contributed by atoms with E-state index >= 15 is 0 Å². The summed E-state index contributed by atoms with van der Waals surface area (Å²) < 4.78 is 14.4. The van der Waals surface area contributed by atoms with Crippen molar-refractivity contribution in [3.05, 3.63) is 52.3 Å². The van der Waals surface area contributed by atoms with Crippen LogP contribution in [0.3, 0.4) is 0 Å². The van der Waals surface area contributed by atoms with E-state index in [1.165, 1.54) is 11.3 Å². The molecule has 0 atom stereocenters. The molecule has 142 valence electrons. The second kappa shape index (κ2) is 9.06. The molecule has 27 heavy (non-hydrogen) atoms. The number of carbonyl (C=O) groups is 1. The van der Waals surface area contributed by atoms with Gasteiger partial charge in [-0.2, -0.15) is 4.99 Å². The maximum Gasteiger partial charge on any atom is 0.286 e. The fourth-order valence-corrected chi connectivity index (χ4v) is 3.92. The lowest BCUT2D eigenvalue weighted by Crippen LogP contribution is -2.19. The maximum absolute atomic E-state index is 12.3. The number of hydrogen-bond donors (Lipinski definition) is 0. The number of fused-ring (bicyclic) bond motifs is 1. The van der Waals surface area contributed by atoms with Crippen LogP contribution in [0, 0.1) is 0 Å². The van der Waals surface area contributed by atoms with Crippen LogP contribution in [-0.2, 0) is 11.3 Å². The van der Waals surface area contributed by atoms with Crippen LogP contribution < -0.4 is 14.3 Å². The van der Waals surface area contributed by atoms with Gasteiger partial charge in [-0.25, -0.2) is 0 Å². The predicted molar refractivity (Wildman–Crippen MR) is 109 cm³/mol. The topological polar surface area (TPSA) is 52.8 Å². The van der Waals surface area contributed by atoms with Gasteiger partial charge in [0, 0.05) is 11.6 Å². The van der Waals surface area contributed by atoms with Gasteiger partial charge in [-0.1, -0.05) is 35.9 Å². The van der Waals surface area contributed by atoms with Crippen molar-refractivity contribution in [2.24, 2.45) is 4.99 Å². The highest BCUT2D eigenvalue weighted by Gasteiger charge is 2.12. The molecule has 0 bridgehead atoms. The van der Waals surface area contributed by atoms with Gasteiger partial charge in [0.2, 0.25) is 0 Å². The van der Waals surface area contributed by atoms with Crippen molar-refractivity contribution in [3.8, 4) is 11.5 Å². The van der Waals surface area contributed by atoms with Crippen LogP contribution >= 0.6 is 22.9 Å². The van der Waals surface area contributed by atoms with Crippen LogP contribution in [-0.4, -0.2) is 23.7 Å². The van der Waals surface area contributed by atoms with Crippen LogP contribution in [0.4, 0.5) is 0 Å². The van der Waals surface area contributed by atoms with E-state index in [2.05, 4.69) is 11.9 Å². The largest absolute Gasteiger partial charge is 0.492 e. The van der Waals surface area contributed by atoms with Gasteiger partial charge in [0.1, 0.15) is 17.0 Å². The fraction of sp³-hybridized carbons (Fsp3) is 0.300. The molecule has 1 aromatic heterocycles. The molecule has 5 nitrogen and oxygen atoms in total. The molecule has 0 aliphatic heterocycles. The van der Waals surface area contributed by atoms with E-state index in [1.54, 1.807) is 24.3 Å². The third kappa shape index (κ3) is 4.70. The Balaban J connectivity index is 1.89. The van der Waals surface area contributed by atoms with Crippen LogP contribution in [0.1, 0.15) is 20.3 Å². The second-order valence-electron chi connectivity index (χ2n) is 5.82. The van der Waals surface area contributed by atoms with Crippen LogP contribution in [0.15, 0.2) is 47.5 Å². The zero-order chi connectivity index (χ0) is 19.2. The molecule has 2 aromatic carbocycles. The average Bonchev–Trinajstić information content (AvgIpc) is 3.00. The van der Waals surface area contributed by atoms with Gasteiger partial charge in [0.05, 0.1) is 11.3 Å². The number of ether oxygens (including phenoxy) is 2. The van der Waals surface area contributed by atoms with Crippen molar-refractivity contribution < 1.29 is 14.3 Å². The third-order valence-corrected chi connectivity index (χ3v) is 5.10. The number of halogens is 1. The Kier molecular flexibility index (Phi) is 6.53. The number of benzene rings is 2. The highest BCUT2D eigenvalue weighted by Crippen LogP contribution is 2.27. The van der Waals surface area contributed by atoms with Crippen molar-refractivity contribution in [3.63, 3.8) is 0 Å². The van der Waals surface area contributed by atoms with Crippen molar-refractivity contribution in [1.82, 2.24) is 4.57 Å². The normalized spacial score (nSPS) is 11.7. The number of aryl methyl sites for hydroxylation is 1. The van der Waals surface area contributed by atoms with Gasteiger partial charge < -0.3 is 14.0 Å². The first kappa shape index (κ1) is 19.5. The minimum absolute atomic E-state index is 0.125. The first-order valence-corrected chi connectivity index (χ1v) is 10.0. The Labute approximate surface area is 166 Å². The van der Waals surface area contributed by atoms with Crippen molar-refractivity contribution in [1.29, 1.82) is 0 Å². The van der Waals surface area contributed by atoms with Crippen molar-refractivity contribution in [2.45, 2.75) is 26.8 Å². The molecule has 0 saturated heterocycles. The molecule has 0 aliphatic carbocycles. The molecule has 3 aromatic rings. The second-order valence-corrected chi connectivity index (χ2v) is 7.27. The molecule has 0 fully saturated rings. The van der Waals surface area contributed by atoms with Crippen LogP contribution in [0.2, 0.25) is 5.02 Å². The summed E-state index contributed by atoms with van der Waals surface area (Å²) in [5, 5.41) is 0.620. The van der Waals surface area contributed by atoms with Gasteiger partial charge in [0.15, 0.2) is 11.4 Å². The van der Waals surface area contributed by atoms with E-state index in [1.807, 2.05) is 29.7 Å². The van der Waals surface area contributed by atoms with Gasteiger partial charge in [-0.05, 0) is 49.7 Å². The number of thiazole rings is 1. The van der Waals surface area contributed by atoms with Crippen molar-refractivity contribution >= 4 is 39.1 Å². The summed E-state index contributed by atoms with van der Waals surface area (Å²) in [5.74, 6) is 1.06. The van der Waals surface area contributed by atoms with E-state index in [4.69, 9.17) is 21.1 Å². The molecule has 0 unspecified atom stereocenters. The van der Waals surface area contributed by atoms with Crippen LogP contribution in [0.5, 0.6) is 11.5 Å². The first-order chi connectivity index (χ1) is 13.1. The summed E-state index contributed by atoms with van der Waals surface area (Å²) in [5.41, 5.74) is 0.983. The quantitative estimate of drug-likeness (QED) is 0.575. The fourth-order valence-electron chi connectivity index (χ4n) is 2.70. The lowest BCUT2D eigenvalue weighted by molar-refractivity contribution is -0.120. The number of para-hydroxylation sites is 1. The van der Waals surface area contributed by atoms with E-state index in [9.17, 15) is 4.79 Å². The van der Waals surface area contributed by atoms with E-state index in [-0.39, 0.29) is 12.5 Å². The minimum Gasteiger partial charge on any atom is -0.492 e. The summed E-state index contributed by atoms with van der Waals surface area (Å²) in [6.07, 6.45) is 0.926. The minimum atomic E-state index is -0.334. The summed E-state index contributed by atoms with van der Waals surface area (Å²) in [7, 11) is 0. The monoisotopic (exact) mass is 404 g/mol. The third-order valence-electron chi connectivity index (χ3n) is 3.81. The Bertz CT molecular complexity index is 993. The summed E-state index contributed by atoms with van der Waals surface area (Å²) in [6, 6.07) is 12.8. The number of amides is 1. The van der Waals surface area contributed by atoms with E-state index in [0.717, 1.165) is 28.9 Å². The van der Waals surface area contributed by atoms with Gasteiger partial charge in [-0.3, -0.25) is 4.79 Å². The Morgan fingerprint density at radius 2 is 1.93 bits per heavy atom. The molecule has 0 radical (unpaired) electrons. The first-order valence-electron chi connectivity index (χ1n) is 8.83.